The SMILES string of the molecule is C[C@@H](CC(=O)O)CC(=O)Nc1cccc(Cl)c1Cl. The highest BCUT2D eigenvalue weighted by Gasteiger charge is 2.14. The lowest BCUT2D eigenvalue weighted by atomic mass is 10.0. The van der Waals surface area contributed by atoms with Gasteiger partial charge in [-0.05, 0) is 18.1 Å². The minimum Gasteiger partial charge on any atom is -0.481 e. The predicted molar refractivity (Wildman–Crippen MR) is 71.1 cm³/mol. The first-order valence-corrected chi connectivity index (χ1v) is 6.11. The lowest BCUT2D eigenvalue weighted by molar-refractivity contribution is -0.138. The average molecular weight is 290 g/mol. The van der Waals surface area contributed by atoms with E-state index in [-0.39, 0.29) is 29.7 Å². The van der Waals surface area contributed by atoms with Gasteiger partial charge in [-0.3, -0.25) is 9.59 Å². The zero-order valence-corrected chi connectivity index (χ0v) is 11.3. The molecular formula is C12H13Cl2NO3. The van der Waals surface area contributed by atoms with E-state index in [0.29, 0.717) is 10.7 Å². The van der Waals surface area contributed by atoms with Crippen LogP contribution in [-0.4, -0.2) is 17.0 Å². The molecule has 0 fully saturated rings. The van der Waals surface area contributed by atoms with Crippen molar-refractivity contribution in [3.63, 3.8) is 0 Å². The van der Waals surface area contributed by atoms with Crippen LogP contribution in [0.1, 0.15) is 19.8 Å². The molecule has 0 aliphatic heterocycles. The molecule has 1 aromatic carbocycles. The number of benzene rings is 1. The molecule has 0 aromatic heterocycles. The fourth-order valence-corrected chi connectivity index (χ4v) is 1.84. The van der Waals surface area contributed by atoms with Gasteiger partial charge in [-0.1, -0.05) is 36.2 Å². The van der Waals surface area contributed by atoms with E-state index in [4.69, 9.17) is 28.3 Å². The number of carbonyl (C=O) groups is 2. The number of halogens is 2. The van der Waals surface area contributed by atoms with Crippen LogP contribution < -0.4 is 5.32 Å². The molecule has 0 heterocycles. The second kappa shape index (κ2) is 6.61. The van der Waals surface area contributed by atoms with Crippen LogP contribution in [0, 0.1) is 5.92 Å². The van der Waals surface area contributed by atoms with E-state index >= 15 is 0 Å². The second-order valence-corrected chi connectivity index (χ2v) is 4.84. The molecule has 1 aromatic rings. The third kappa shape index (κ3) is 4.55. The van der Waals surface area contributed by atoms with Crippen molar-refractivity contribution >= 4 is 40.8 Å². The Bertz CT molecular complexity index is 463. The van der Waals surface area contributed by atoms with Crippen molar-refractivity contribution in [3.8, 4) is 0 Å². The molecule has 0 saturated heterocycles. The third-order valence-electron chi connectivity index (χ3n) is 2.28. The van der Waals surface area contributed by atoms with Crippen molar-refractivity contribution in [3.05, 3.63) is 28.2 Å². The molecule has 0 saturated carbocycles. The lowest BCUT2D eigenvalue weighted by Crippen LogP contribution is -2.17. The van der Waals surface area contributed by atoms with Crippen LogP contribution in [0.3, 0.4) is 0 Å². The second-order valence-electron chi connectivity index (χ2n) is 4.06. The highest BCUT2D eigenvalue weighted by molar-refractivity contribution is 6.43. The molecule has 1 atom stereocenters. The number of carbonyl (C=O) groups excluding carboxylic acids is 1. The molecule has 1 rings (SSSR count). The standard InChI is InChI=1S/C12H13Cl2NO3/c1-7(6-11(17)18)5-10(16)15-9-4-2-3-8(13)12(9)14/h2-4,7H,5-6H2,1H3,(H,15,16)(H,17,18)/t7-/m1/s1. The fourth-order valence-electron chi connectivity index (χ4n) is 1.49. The maximum absolute atomic E-state index is 11.7. The normalized spacial score (nSPS) is 11.9. The molecule has 0 bridgehead atoms. The molecule has 4 nitrogen and oxygen atoms in total. The summed E-state index contributed by atoms with van der Waals surface area (Å²) in [5.41, 5.74) is 0.427. The highest BCUT2D eigenvalue weighted by atomic mass is 35.5. The van der Waals surface area contributed by atoms with Crippen LogP contribution in [0.4, 0.5) is 5.69 Å². The maximum Gasteiger partial charge on any atom is 0.303 e. The Kier molecular flexibility index (Phi) is 5.44. The molecule has 98 valence electrons. The van der Waals surface area contributed by atoms with E-state index in [1.54, 1.807) is 25.1 Å². The quantitative estimate of drug-likeness (QED) is 0.873. The number of nitrogens with one attached hydrogen (secondary N) is 1. The first-order chi connectivity index (χ1) is 8.40. The van der Waals surface area contributed by atoms with Crippen molar-refractivity contribution < 1.29 is 14.7 Å². The topological polar surface area (TPSA) is 66.4 Å². The van der Waals surface area contributed by atoms with Gasteiger partial charge in [0.2, 0.25) is 5.91 Å². The first-order valence-electron chi connectivity index (χ1n) is 5.35. The summed E-state index contributed by atoms with van der Waals surface area (Å²) in [5, 5.41) is 11.8. The molecule has 6 heteroatoms. The summed E-state index contributed by atoms with van der Waals surface area (Å²) in [4.78, 5) is 22.1. The van der Waals surface area contributed by atoms with Gasteiger partial charge >= 0.3 is 5.97 Å². The first kappa shape index (κ1) is 14.8. The van der Waals surface area contributed by atoms with E-state index in [1.807, 2.05) is 0 Å². The minimum absolute atomic E-state index is 0.0449. The van der Waals surface area contributed by atoms with Crippen LogP contribution in [0.25, 0.3) is 0 Å². The molecule has 0 spiro atoms. The Labute approximate surface area is 115 Å². The Hall–Kier alpha value is -1.26. The smallest absolute Gasteiger partial charge is 0.303 e. The number of amides is 1. The molecule has 2 N–H and O–H groups in total. The maximum atomic E-state index is 11.7. The van der Waals surface area contributed by atoms with Crippen LogP contribution in [0.15, 0.2) is 18.2 Å². The number of anilines is 1. The fraction of sp³-hybridized carbons (Fsp3) is 0.333. The number of hydrogen-bond acceptors (Lipinski definition) is 2. The number of rotatable bonds is 5. The van der Waals surface area contributed by atoms with E-state index in [1.165, 1.54) is 0 Å². The summed E-state index contributed by atoms with van der Waals surface area (Å²) in [6.45, 7) is 1.70. The Morgan fingerprint density at radius 2 is 2.00 bits per heavy atom. The van der Waals surface area contributed by atoms with E-state index < -0.39 is 5.97 Å². The van der Waals surface area contributed by atoms with Crippen LogP contribution in [-0.2, 0) is 9.59 Å². The van der Waals surface area contributed by atoms with Gasteiger partial charge in [-0.25, -0.2) is 0 Å². The van der Waals surface area contributed by atoms with E-state index in [0.717, 1.165) is 0 Å². The highest BCUT2D eigenvalue weighted by Crippen LogP contribution is 2.29. The van der Waals surface area contributed by atoms with Gasteiger partial charge < -0.3 is 10.4 Å². The Morgan fingerprint density at radius 1 is 1.33 bits per heavy atom. The third-order valence-corrected chi connectivity index (χ3v) is 3.10. The number of hydrogen-bond donors (Lipinski definition) is 2. The van der Waals surface area contributed by atoms with E-state index in [9.17, 15) is 9.59 Å². The summed E-state index contributed by atoms with van der Waals surface area (Å²) in [6, 6.07) is 4.92. The summed E-state index contributed by atoms with van der Waals surface area (Å²) >= 11 is 11.7. The Morgan fingerprint density at radius 3 is 2.61 bits per heavy atom. The van der Waals surface area contributed by atoms with Gasteiger partial charge in [-0.2, -0.15) is 0 Å². The van der Waals surface area contributed by atoms with Crippen molar-refractivity contribution in [1.82, 2.24) is 0 Å². The van der Waals surface area contributed by atoms with Gasteiger partial charge in [0.25, 0.3) is 0 Å². The summed E-state index contributed by atoms with van der Waals surface area (Å²) in [6.07, 6.45) is 0.0752. The van der Waals surface area contributed by atoms with Crippen molar-refractivity contribution in [1.29, 1.82) is 0 Å². The predicted octanol–water partition coefficient (Wildman–Crippen LogP) is 3.43. The molecule has 0 aliphatic carbocycles. The van der Waals surface area contributed by atoms with Crippen LogP contribution in [0.2, 0.25) is 10.0 Å². The molecule has 1 amide bonds. The van der Waals surface area contributed by atoms with Crippen molar-refractivity contribution in [2.24, 2.45) is 5.92 Å². The minimum atomic E-state index is -0.920. The van der Waals surface area contributed by atoms with Gasteiger partial charge in [0.05, 0.1) is 15.7 Å². The monoisotopic (exact) mass is 289 g/mol. The van der Waals surface area contributed by atoms with Crippen LogP contribution in [0.5, 0.6) is 0 Å². The largest absolute Gasteiger partial charge is 0.481 e. The van der Waals surface area contributed by atoms with Gasteiger partial charge in [0.15, 0.2) is 0 Å². The van der Waals surface area contributed by atoms with Crippen molar-refractivity contribution in [2.75, 3.05) is 5.32 Å². The zero-order chi connectivity index (χ0) is 13.7. The van der Waals surface area contributed by atoms with Crippen LogP contribution >= 0.6 is 23.2 Å². The molecule has 18 heavy (non-hydrogen) atoms. The average Bonchev–Trinajstić information content (AvgIpc) is 2.23. The number of aliphatic carboxylic acids is 1. The van der Waals surface area contributed by atoms with Gasteiger partial charge in [0, 0.05) is 12.8 Å². The Balaban J connectivity index is 2.59. The lowest BCUT2D eigenvalue weighted by Gasteiger charge is -2.11. The number of carboxylic acids is 1. The van der Waals surface area contributed by atoms with Gasteiger partial charge in [0.1, 0.15) is 0 Å². The number of carboxylic acid groups (broad SMARTS) is 1. The summed E-state index contributed by atoms with van der Waals surface area (Å²) < 4.78 is 0. The summed E-state index contributed by atoms with van der Waals surface area (Å²) in [7, 11) is 0. The zero-order valence-electron chi connectivity index (χ0n) is 9.74. The molecular weight excluding hydrogens is 277 g/mol. The van der Waals surface area contributed by atoms with Crippen molar-refractivity contribution in [2.45, 2.75) is 19.8 Å². The van der Waals surface area contributed by atoms with E-state index in [2.05, 4.69) is 5.32 Å². The molecule has 0 unspecified atom stereocenters. The summed E-state index contributed by atoms with van der Waals surface area (Å²) in [5.74, 6) is -1.44. The molecule has 0 aliphatic rings. The molecule has 0 radical (unpaired) electrons. The van der Waals surface area contributed by atoms with Gasteiger partial charge in [-0.15, -0.1) is 0 Å².